The average Bonchev–Trinajstić information content (AvgIpc) is 3.35. The molecule has 1 aliphatic rings. The summed E-state index contributed by atoms with van der Waals surface area (Å²) in [5.74, 6) is 2.43. The van der Waals surface area contributed by atoms with Gasteiger partial charge in [-0.1, -0.05) is 24.6 Å². The van der Waals surface area contributed by atoms with Gasteiger partial charge in [0, 0.05) is 56.9 Å². The zero-order chi connectivity index (χ0) is 19.9. The van der Waals surface area contributed by atoms with Gasteiger partial charge in [0.1, 0.15) is 12.2 Å². The lowest BCUT2D eigenvalue weighted by Crippen LogP contribution is -2.41. The minimum absolute atomic E-state index is 0. The number of benzene rings is 1. The van der Waals surface area contributed by atoms with Crippen LogP contribution in [-0.2, 0) is 13.0 Å². The van der Waals surface area contributed by atoms with Gasteiger partial charge < -0.3 is 20.1 Å². The van der Waals surface area contributed by atoms with E-state index in [2.05, 4.69) is 61.3 Å². The molecular weight excluding hydrogens is 501 g/mol. The fourth-order valence-corrected chi connectivity index (χ4v) is 3.80. The molecule has 0 bridgehead atoms. The first-order valence-electron chi connectivity index (χ1n) is 9.93. The fourth-order valence-electron chi connectivity index (χ4n) is 3.64. The van der Waals surface area contributed by atoms with Crippen LogP contribution in [0.1, 0.15) is 24.7 Å². The maximum Gasteiger partial charge on any atom is 0.191 e. The summed E-state index contributed by atoms with van der Waals surface area (Å²) in [6, 6.07) is 6.12. The van der Waals surface area contributed by atoms with E-state index in [1.807, 2.05) is 13.1 Å². The van der Waals surface area contributed by atoms with E-state index in [1.165, 1.54) is 11.3 Å². The third kappa shape index (κ3) is 6.47. The Labute approximate surface area is 195 Å². The Hall–Kier alpha value is -1.55. The lowest BCUT2D eigenvalue weighted by Gasteiger charge is -2.21. The van der Waals surface area contributed by atoms with E-state index >= 15 is 0 Å². The van der Waals surface area contributed by atoms with Gasteiger partial charge in [-0.3, -0.25) is 4.99 Å². The normalized spacial score (nSPS) is 16.6. The number of hydrogen-bond acceptors (Lipinski definition) is 4. The van der Waals surface area contributed by atoms with Crippen molar-refractivity contribution in [1.29, 1.82) is 0 Å². The zero-order valence-corrected chi connectivity index (χ0v) is 20.4. The van der Waals surface area contributed by atoms with E-state index in [0.29, 0.717) is 5.92 Å². The van der Waals surface area contributed by atoms with Crippen LogP contribution in [0.4, 0.5) is 5.69 Å². The first-order valence-corrected chi connectivity index (χ1v) is 10.3. The molecule has 2 N–H and O–H groups in total. The van der Waals surface area contributed by atoms with Gasteiger partial charge in [0.15, 0.2) is 5.96 Å². The van der Waals surface area contributed by atoms with E-state index in [-0.39, 0.29) is 24.0 Å². The molecule has 1 saturated heterocycles. The molecule has 2 heterocycles. The van der Waals surface area contributed by atoms with Gasteiger partial charge in [0.25, 0.3) is 0 Å². The Bertz CT molecular complexity index is 808. The average molecular weight is 532 g/mol. The van der Waals surface area contributed by atoms with Gasteiger partial charge in [-0.15, -0.1) is 34.2 Å². The molecule has 1 aromatic heterocycles. The summed E-state index contributed by atoms with van der Waals surface area (Å²) in [6.45, 7) is 8.83. The van der Waals surface area contributed by atoms with Crippen LogP contribution in [0.2, 0.25) is 5.02 Å². The Morgan fingerprint density at radius 3 is 2.93 bits per heavy atom. The second-order valence-corrected chi connectivity index (χ2v) is 7.64. The molecule has 160 valence electrons. The van der Waals surface area contributed by atoms with Crippen molar-refractivity contribution >= 4 is 47.2 Å². The number of nitrogens with one attached hydrogen (secondary N) is 2. The second kappa shape index (κ2) is 11.6. The number of hydrogen-bond donors (Lipinski definition) is 2. The van der Waals surface area contributed by atoms with Crippen molar-refractivity contribution < 1.29 is 0 Å². The van der Waals surface area contributed by atoms with Crippen molar-refractivity contribution in [2.24, 2.45) is 10.9 Å². The summed E-state index contributed by atoms with van der Waals surface area (Å²) < 4.78 is 2.07. The monoisotopic (exact) mass is 531 g/mol. The third-order valence-corrected chi connectivity index (χ3v) is 5.47. The van der Waals surface area contributed by atoms with Crippen molar-refractivity contribution in [2.45, 2.75) is 33.2 Å². The van der Waals surface area contributed by atoms with Gasteiger partial charge in [0.2, 0.25) is 0 Å². The molecule has 9 heteroatoms. The first-order chi connectivity index (χ1) is 13.6. The molecule has 0 saturated carbocycles. The number of anilines is 1. The molecule has 2 aromatic rings. The summed E-state index contributed by atoms with van der Waals surface area (Å²) in [4.78, 5) is 6.77. The Morgan fingerprint density at radius 2 is 2.17 bits per heavy atom. The van der Waals surface area contributed by atoms with E-state index in [4.69, 9.17) is 11.6 Å². The highest BCUT2D eigenvalue weighted by atomic mass is 127. The maximum atomic E-state index is 6.19. The first kappa shape index (κ1) is 23.7. The molecule has 0 aliphatic carbocycles. The molecule has 1 atom stereocenters. The van der Waals surface area contributed by atoms with Crippen LogP contribution in [0.5, 0.6) is 0 Å². The highest BCUT2D eigenvalue weighted by Gasteiger charge is 2.24. The molecule has 3 rings (SSSR count). The molecule has 0 radical (unpaired) electrons. The van der Waals surface area contributed by atoms with Crippen molar-refractivity contribution in [3.63, 3.8) is 0 Å². The standard InChI is InChI=1S/C20H30ClN7.HI/c1-4-19-26-25-14-28(19)10-8-23-20(22-3)24-12-16-7-9-27(13-16)18-11-17(21)6-5-15(18)2;/h5-6,11,14,16H,4,7-10,12-13H2,1-3H3,(H2,22,23,24);1H. The number of aliphatic imine (C=N–C) groups is 1. The van der Waals surface area contributed by atoms with Crippen LogP contribution < -0.4 is 15.5 Å². The molecular formula is C20H31ClIN7. The maximum absolute atomic E-state index is 6.19. The van der Waals surface area contributed by atoms with Crippen LogP contribution in [0.25, 0.3) is 0 Å². The predicted molar refractivity (Wildman–Crippen MR) is 131 cm³/mol. The van der Waals surface area contributed by atoms with Crippen molar-refractivity contribution in [3.8, 4) is 0 Å². The Kier molecular flexibility index (Phi) is 9.48. The van der Waals surface area contributed by atoms with Gasteiger partial charge in [-0.2, -0.15) is 0 Å². The van der Waals surface area contributed by atoms with Gasteiger partial charge in [0.05, 0.1) is 0 Å². The minimum Gasteiger partial charge on any atom is -0.371 e. The van der Waals surface area contributed by atoms with E-state index in [1.54, 1.807) is 6.33 Å². The summed E-state index contributed by atoms with van der Waals surface area (Å²) in [5.41, 5.74) is 2.52. The summed E-state index contributed by atoms with van der Waals surface area (Å²) in [6.07, 6.45) is 3.83. The van der Waals surface area contributed by atoms with Crippen LogP contribution in [0, 0.1) is 12.8 Å². The van der Waals surface area contributed by atoms with Gasteiger partial charge in [-0.25, -0.2) is 0 Å². The molecule has 1 unspecified atom stereocenters. The molecule has 29 heavy (non-hydrogen) atoms. The molecule has 0 amide bonds. The second-order valence-electron chi connectivity index (χ2n) is 7.21. The highest BCUT2D eigenvalue weighted by Crippen LogP contribution is 2.29. The Morgan fingerprint density at radius 1 is 1.34 bits per heavy atom. The van der Waals surface area contributed by atoms with Gasteiger partial charge >= 0.3 is 0 Å². The number of nitrogens with zero attached hydrogens (tertiary/aromatic N) is 5. The molecule has 1 aromatic carbocycles. The largest absolute Gasteiger partial charge is 0.371 e. The zero-order valence-electron chi connectivity index (χ0n) is 17.4. The summed E-state index contributed by atoms with van der Waals surface area (Å²) in [5, 5.41) is 15.7. The van der Waals surface area contributed by atoms with Crippen LogP contribution >= 0.6 is 35.6 Å². The van der Waals surface area contributed by atoms with Crippen molar-refractivity contribution in [1.82, 2.24) is 25.4 Å². The van der Waals surface area contributed by atoms with Crippen LogP contribution in [0.15, 0.2) is 29.5 Å². The number of halogens is 2. The van der Waals surface area contributed by atoms with Crippen LogP contribution in [-0.4, -0.2) is 54.0 Å². The minimum atomic E-state index is 0. The predicted octanol–water partition coefficient (Wildman–Crippen LogP) is 3.11. The van der Waals surface area contributed by atoms with E-state index < -0.39 is 0 Å². The molecule has 1 aliphatic heterocycles. The SMILES string of the molecule is CCc1nncn1CCNC(=NC)NCC1CCN(c2cc(Cl)ccc2C)C1.I. The van der Waals surface area contributed by atoms with E-state index in [9.17, 15) is 0 Å². The fraction of sp³-hybridized carbons (Fsp3) is 0.550. The number of guanidine groups is 1. The summed E-state index contributed by atoms with van der Waals surface area (Å²) >= 11 is 6.19. The topological polar surface area (TPSA) is 70.4 Å². The quantitative estimate of drug-likeness (QED) is 0.326. The lowest BCUT2D eigenvalue weighted by atomic mass is 10.1. The number of aromatic nitrogens is 3. The smallest absolute Gasteiger partial charge is 0.191 e. The van der Waals surface area contributed by atoms with Crippen molar-refractivity contribution in [3.05, 3.63) is 40.9 Å². The van der Waals surface area contributed by atoms with Crippen molar-refractivity contribution in [2.75, 3.05) is 38.1 Å². The number of rotatable bonds is 7. The Balaban J connectivity index is 0.00000300. The summed E-state index contributed by atoms with van der Waals surface area (Å²) in [7, 11) is 1.81. The third-order valence-electron chi connectivity index (χ3n) is 5.24. The lowest BCUT2D eigenvalue weighted by molar-refractivity contribution is 0.561. The van der Waals surface area contributed by atoms with E-state index in [0.717, 1.165) is 62.4 Å². The number of aryl methyl sites for hydroxylation is 2. The highest BCUT2D eigenvalue weighted by molar-refractivity contribution is 14.0. The molecule has 1 fully saturated rings. The molecule has 7 nitrogen and oxygen atoms in total. The van der Waals surface area contributed by atoms with Gasteiger partial charge in [-0.05, 0) is 37.0 Å². The van der Waals surface area contributed by atoms with Crippen LogP contribution in [0.3, 0.4) is 0 Å². The molecule has 0 spiro atoms.